The van der Waals surface area contributed by atoms with Gasteiger partial charge in [-0.25, -0.2) is 4.79 Å². The summed E-state index contributed by atoms with van der Waals surface area (Å²) < 4.78 is 22.4. The van der Waals surface area contributed by atoms with E-state index in [-0.39, 0.29) is 29.5 Å². The lowest BCUT2D eigenvalue weighted by Gasteiger charge is -2.27. The number of nitriles is 1. The molecule has 0 spiro atoms. The molecule has 0 saturated carbocycles. The lowest BCUT2D eigenvalue weighted by atomic mass is 9.83. The largest absolute Gasteiger partial charge is 0.485 e. The molecule has 0 fully saturated rings. The molecular weight excluding hydrogens is 454 g/mol. The van der Waals surface area contributed by atoms with Gasteiger partial charge in [0.05, 0.1) is 10.8 Å². The van der Waals surface area contributed by atoms with Gasteiger partial charge in [-0.15, -0.1) is 0 Å². The molecule has 5 rings (SSSR count). The Morgan fingerprint density at radius 3 is 2.54 bits per heavy atom. The van der Waals surface area contributed by atoms with Gasteiger partial charge in [-0.1, -0.05) is 30.3 Å². The zero-order chi connectivity index (χ0) is 24.5. The van der Waals surface area contributed by atoms with Crippen molar-refractivity contribution in [3.8, 4) is 29.1 Å². The molecule has 0 radical (unpaired) electrons. The summed E-state index contributed by atoms with van der Waals surface area (Å²) in [6, 6.07) is 19.6. The summed E-state index contributed by atoms with van der Waals surface area (Å²) in [6.45, 7) is 0.000715. The highest BCUT2D eigenvalue weighted by atomic mass is 16.6. The van der Waals surface area contributed by atoms with Crippen LogP contribution >= 0.6 is 0 Å². The van der Waals surface area contributed by atoms with Crippen LogP contribution in [0.5, 0.6) is 23.0 Å². The number of nitro benzene ring substituents is 1. The van der Waals surface area contributed by atoms with E-state index >= 15 is 0 Å². The molecule has 2 aliphatic heterocycles. The van der Waals surface area contributed by atoms with E-state index in [0.717, 1.165) is 0 Å². The number of fused-ring (bicyclic) bond motifs is 2. The first-order valence-electron chi connectivity index (χ1n) is 10.5. The van der Waals surface area contributed by atoms with Gasteiger partial charge in [0.15, 0.2) is 11.5 Å². The molecule has 0 aliphatic carbocycles. The fourth-order valence-electron chi connectivity index (χ4n) is 3.95. The Balaban J connectivity index is 1.40. The van der Waals surface area contributed by atoms with Gasteiger partial charge < -0.3 is 24.7 Å². The number of para-hydroxylation sites is 2. The van der Waals surface area contributed by atoms with Crippen LogP contribution in [0.1, 0.15) is 17.0 Å². The van der Waals surface area contributed by atoms with Crippen molar-refractivity contribution in [2.24, 2.45) is 5.73 Å². The number of nitrogens with zero attached hydrogens (tertiary/aromatic N) is 2. The number of allylic oxidation sites excluding steroid dienone is 1. The van der Waals surface area contributed by atoms with E-state index in [1.165, 1.54) is 18.2 Å². The van der Waals surface area contributed by atoms with Gasteiger partial charge in [-0.3, -0.25) is 10.1 Å². The molecular formula is C25H17N3O7. The number of nitrogens with two attached hydrogens (primary N) is 1. The molecule has 2 aliphatic rings. The number of nitro groups is 1. The standard InChI is InChI=1S/C25H17N3O7/c26-12-18-23(14-5-7-15(8-6-14)28(30)31)17-10-9-16(11-21(17)35-24(18)27)33-25(29)22-13-32-19-3-1-2-4-20(19)34-22/h1-11,22-23H,13,27H2. The van der Waals surface area contributed by atoms with Crippen molar-refractivity contribution >= 4 is 11.7 Å². The third kappa shape index (κ3) is 4.06. The van der Waals surface area contributed by atoms with E-state index in [9.17, 15) is 20.2 Å². The van der Waals surface area contributed by atoms with Gasteiger partial charge >= 0.3 is 5.97 Å². The first kappa shape index (κ1) is 21.8. The second-order valence-corrected chi connectivity index (χ2v) is 7.76. The molecule has 35 heavy (non-hydrogen) atoms. The average Bonchev–Trinajstić information content (AvgIpc) is 2.87. The minimum Gasteiger partial charge on any atom is -0.485 e. The van der Waals surface area contributed by atoms with Crippen LogP contribution in [0, 0.1) is 21.4 Å². The molecule has 3 aromatic rings. The SMILES string of the molecule is N#CC1=C(N)Oc2cc(OC(=O)C3COc4ccccc4O3)ccc2C1c1ccc([N+](=O)[O-])cc1. The number of hydrogen-bond donors (Lipinski definition) is 1. The predicted octanol–water partition coefficient (Wildman–Crippen LogP) is 3.56. The first-order chi connectivity index (χ1) is 16.9. The van der Waals surface area contributed by atoms with Crippen LogP contribution < -0.4 is 24.7 Å². The normalized spacial score (nSPS) is 18.0. The topological polar surface area (TPSA) is 147 Å². The lowest BCUT2D eigenvalue weighted by molar-refractivity contribution is -0.384. The van der Waals surface area contributed by atoms with Crippen molar-refractivity contribution < 1.29 is 28.7 Å². The molecule has 174 valence electrons. The van der Waals surface area contributed by atoms with E-state index in [0.29, 0.717) is 28.4 Å². The Bertz CT molecular complexity index is 1410. The molecule has 10 heteroatoms. The van der Waals surface area contributed by atoms with Crippen LogP contribution in [0.2, 0.25) is 0 Å². The predicted molar refractivity (Wildman–Crippen MR) is 121 cm³/mol. The number of ether oxygens (including phenoxy) is 4. The summed E-state index contributed by atoms with van der Waals surface area (Å²) in [5.41, 5.74) is 7.32. The van der Waals surface area contributed by atoms with Gasteiger partial charge in [-0.2, -0.15) is 5.26 Å². The van der Waals surface area contributed by atoms with Crippen LogP contribution in [-0.2, 0) is 4.79 Å². The zero-order valence-electron chi connectivity index (χ0n) is 18.0. The molecule has 2 heterocycles. The number of rotatable bonds is 4. The Hall–Kier alpha value is -5.04. The summed E-state index contributed by atoms with van der Waals surface area (Å²) in [6.07, 6.45) is -0.954. The Morgan fingerprint density at radius 2 is 1.83 bits per heavy atom. The summed E-state index contributed by atoms with van der Waals surface area (Å²) in [7, 11) is 0. The van der Waals surface area contributed by atoms with Gasteiger partial charge in [0.2, 0.25) is 12.0 Å². The van der Waals surface area contributed by atoms with Crippen LogP contribution in [0.25, 0.3) is 0 Å². The monoisotopic (exact) mass is 471 g/mol. The van der Waals surface area contributed by atoms with Gasteiger partial charge in [0.1, 0.15) is 29.7 Å². The van der Waals surface area contributed by atoms with Crippen LogP contribution in [0.3, 0.4) is 0 Å². The molecule has 2 N–H and O–H groups in total. The number of non-ortho nitro benzene ring substituents is 1. The molecule has 0 amide bonds. The van der Waals surface area contributed by atoms with Crippen molar-refractivity contribution in [1.82, 2.24) is 0 Å². The summed E-state index contributed by atoms with van der Waals surface area (Å²) in [4.78, 5) is 23.2. The molecule has 0 bridgehead atoms. The third-order valence-corrected chi connectivity index (χ3v) is 5.62. The lowest BCUT2D eigenvalue weighted by Crippen LogP contribution is -2.39. The van der Waals surface area contributed by atoms with Crippen molar-refractivity contribution in [2.75, 3.05) is 6.61 Å². The fraction of sp³-hybridized carbons (Fsp3) is 0.120. The second-order valence-electron chi connectivity index (χ2n) is 7.76. The van der Waals surface area contributed by atoms with Gasteiger partial charge in [-0.05, 0) is 23.8 Å². The molecule has 10 nitrogen and oxygen atoms in total. The van der Waals surface area contributed by atoms with Crippen molar-refractivity contribution in [1.29, 1.82) is 5.26 Å². The van der Waals surface area contributed by atoms with Crippen molar-refractivity contribution in [2.45, 2.75) is 12.0 Å². The Morgan fingerprint density at radius 1 is 1.09 bits per heavy atom. The second kappa shape index (κ2) is 8.72. The quantitative estimate of drug-likeness (QED) is 0.261. The highest BCUT2D eigenvalue weighted by Crippen LogP contribution is 2.43. The Kier molecular flexibility index (Phi) is 5.43. The van der Waals surface area contributed by atoms with E-state index in [4.69, 9.17) is 24.7 Å². The number of carbonyl (C=O) groups is 1. The van der Waals surface area contributed by atoms with Crippen LogP contribution in [0.15, 0.2) is 78.2 Å². The molecule has 3 aromatic carbocycles. The van der Waals surface area contributed by atoms with E-state index in [1.807, 2.05) is 0 Å². The molecule has 0 saturated heterocycles. The fourth-order valence-corrected chi connectivity index (χ4v) is 3.95. The number of esters is 1. The summed E-state index contributed by atoms with van der Waals surface area (Å²) in [5.74, 6) is 0.110. The van der Waals surface area contributed by atoms with E-state index in [2.05, 4.69) is 6.07 Å². The first-order valence-corrected chi connectivity index (χ1v) is 10.5. The number of hydrogen-bond acceptors (Lipinski definition) is 9. The van der Waals surface area contributed by atoms with Crippen molar-refractivity contribution in [3.63, 3.8) is 0 Å². The minimum atomic E-state index is -0.954. The highest BCUT2D eigenvalue weighted by Gasteiger charge is 2.33. The zero-order valence-corrected chi connectivity index (χ0v) is 18.0. The summed E-state index contributed by atoms with van der Waals surface area (Å²) in [5, 5.41) is 20.7. The maximum Gasteiger partial charge on any atom is 0.356 e. The van der Waals surface area contributed by atoms with Gasteiger partial charge in [0, 0.05) is 23.8 Å². The highest BCUT2D eigenvalue weighted by molar-refractivity contribution is 5.78. The smallest absolute Gasteiger partial charge is 0.356 e. The third-order valence-electron chi connectivity index (χ3n) is 5.62. The van der Waals surface area contributed by atoms with Gasteiger partial charge in [0.25, 0.3) is 5.69 Å². The van der Waals surface area contributed by atoms with E-state index in [1.54, 1.807) is 48.5 Å². The molecule has 2 unspecified atom stereocenters. The molecule has 2 atom stereocenters. The van der Waals surface area contributed by atoms with E-state index < -0.39 is 22.9 Å². The van der Waals surface area contributed by atoms with Crippen LogP contribution in [-0.4, -0.2) is 23.6 Å². The van der Waals surface area contributed by atoms with Crippen LogP contribution in [0.4, 0.5) is 5.69 Å². The Labute approximate surface area is 198 Å². The van der Waals surface area contributed by atoms with Crippen molar-refractivity contribution in [3.05, 3.63) is 99.4 Å². The molecule has 0 aromatic heterocycles. The maximum atomic E-state index is 12.7. The minimum absolute atomic E-state index is 0.000715. The number of benzene rings is 3. The number of carbonyl (C=O) groups excluding carboxylic acids is 1. The summed E-state index contributed by atoms with van der Waals surface area (Å²) >= 11 is 0. The maximum absolute atomic E-state index is 12.7. The average molecular weight is 471 g/mol.